The molecular weight excluding hydrogens is 240 g/mol. The summed E-state index contributed by atoms with van der Waals surface area (Å²) in [5.74, 6) is -1.59. The van der Waals surface area contributed by atoms with Gasteiger partial charge in [0.05, 0.1) is 6.61 Å². The molecule has 1 rings (SSSR count). The van der Waals surface area contributed by atoms with Crippen LogP contribution in [-0.4, -0.2) is 19.1 Å². The van der Waals surface area contributed by atoms with Gasteiger partial charge in [-0.05, 0) is 23.6 Å². The average Bonchev–Trinajstić information content (AvgIpc) is 2.27. The molecule has 0 aliphatic rings. The molecule has 0 heterocycles. The molecule has 0 saturated carbocycles. The lowest BCUT2D eigenvalue weighted by Gasteiger charge is -2.19. The van der Waals surface area contributed by atoms with E-state index in [0.717, 1.165) is 6.07 Å². The van der Waals surface area contributed by atoms with Crippen molar-refractivity contribution in [2.75, 3.05) is 7.05 Å². The topological polar surface area (TPSA) is 38.3 Å². The molecule has 1 aromatic rings. The number of ether oxygens (including phenoxy) is 1. The maximum atomic E-state index is 13.0. The van der Waals surface area contributed by atoms with Gasteiger partial charge in [0.1, 0.15) is 17.7 Å². The Morgan fingerprint density at radius 2 is 1.83 bits per heavy atom. The summed E-state index contributed by atoms with van der Waals surface area (Å²) in [6.45, 7) is 3.67. The molecule has 18 heavy (non-hydrogen) atoms. The monoisotopic (exact) mass is 257 g/mol. The Hall–Kier alpha value is -1.49. The molecule has 100 valence electrons. The number of amides is 1. The maximum Gasteiger partial charge on any atom is 0.249 e. The second-order valence-electron chi connectivity index (χ2n) is 4.37. The fourth-order valence-corrected chi connectivity index (χ4v) is 1.59. The molecule has 0 aliphatic carbocycles. The first-order valence-electron chi connectivity index (χ1n) is 5.72. The van der Waals surface area contributed by atoms with Crippen molar-refractivity contribution in [3.05, 3.63) is 35.4 Å². The van der Waals surface area contributed by atoms with E-state index in [1.165, 1.54) is 19.2 Å². The van der Waals surface area contributed by atoms with Crippen LogP contribution in [0.4, 0.5) is 8.78 Å². The van der Waals surface area contributed by atoms with Crippen LogP contribution in [0.25, 0.3) is 0 Å². The van der Waals surface area contributed by atoms with Crippen LogP contribution in [-0.2, 0) is 16.1 Å². The number of rotatable bonds is 5. The summed E-state index contributed by atoms with van der Waals surface area (Å²) in [6.07, 6.45) is -0.638. The molecule has 0 spiro atoms. The number of halogens is 2. The summed E-state index contributed by atoms with van der Waals surface area (Å²) < 4.78 is 31.3. The first kappa shape index (κ1) is 14.6. The lowest BCUT2D eigenvalue weighted by Crippen LogP contribution is -2.37. The summed E-state index contributed by atoms with van der Waals surface area (Å²) in [5.41, 5.74) is 0.363. The Labute approximate surface area is 105 Å². The first-order valence-corrected chi connectivity index (χ1v) is 5.72. The summed E-state index contributed by atoms with van der Waals surface area (Å²) in [5, 5.41) is 2.49. The molecule has 0 aliphatic heterocycles. The van der Waals surface area contributed by atoms with Crippen LogP contribution in [0.3, 0.4) is 0 Å². The van der Waals surface area contributed by atoms with E-state index in [4.69, 9.17) is 4.74 Å². The van der Waals surface area contributed by atoms with E-state index in [9.17, 15) is 13.6 Å². The zero-order valence-corrected chi connectivity index (χ0v) is 10.7. The van der Waals surface area contributed by atoms with Gasteiger partial charge in [0.25, 0.3) is 0 Å². The van der Waals surface area contributed by atoms with Gasteiger partial charge in [0.15, 0.2) is 0 Å². The van der Waals surface area contributed by atoms with Crippen molar-refractivity contribution >= 4 is 5.91 Å². The van der Waals surface area contributed by atoms with Gasteiger partial charge in [-0.1, -0.05) is 13.8 Å². The van der Waals surface area contributed by atoms with E-state index in [2.05, 4.69) is 5.32 Å². The van der Waals surface area contributed by atoms with Gasteiger partial charge in [-0.25, -0.2) is 8.78 Å². The number of carbonyl (C=O) groups is 1. The summed E-state index contributed by atoms with van der Waals surface area (Å²) in [7, 11) is 1.52. The largest absolute Gasteiger partial charge is 0.363 e. The van der Waals surface area contributed by atoms with Gasteiger partial charge in [-0.15, -0.1) is 0 Å². The van der Waals surface area contributed by atoms with E-state index in [1.54, 1.807) is 0 Å². The highest BCUT2D eigenvalue weighted by Crippen LogP contribution is 2.13. The second-order valence-corrected chi connectivity index (χ2v) is 4.37. The minimum Gasteiger partial charge on any atom is -0.363 e. The Kier molecular flexibility index (Phi) is 5.22. The van der Waals surface area contributed by atoms with Crippen LogP contribution in [0.1, 0.15) is 19.4 Å². The molecule has 0 saturated heterocycles. The number of likely N-dealkylation sites (N-methyl/N-ethyl adjacent to an activating group) is 1. The molecule has 1 N–H and O–H groups in total. The SMILES string of the molecule is CNC(=O)C(OCc1cc(F)cc(F)c1)C(C)C. The highest BCUT2D eigenvalue weighted by Gasteiger charge is 2.21. The Morgan fingerprint density at radius 1 is 1.28 bits per heavy atom. The van der Waals surface area contributed by atoms with Gasteiger partial charge in [-0.2, -0.15) is 0 Å². The third kappa shape index (κ3) is 4.07. The number of nitrogens with one attached hydrogen (secondary N) is 1. The normalized spacial score (nSPS) is 12.6. The van der Waals surface area contributed by atoms with E-state index in [-0.39, 0.29) is 18.4 Å². The average molecular weight is 257 g/mol. The van der Waals surface area contributed by atoms with Crippen molar-refractivity contribution in [1.82, 2.24) is 5.32 Å². The van der Waals surface area contributed by atoms with Crippen LogP contribution in [0, 0.1) is 17.6 Å². The minimum atomic E-state index is -0.658. The van der Waals surface area contributed by atoms with Crippen molar-refractivity contribution in [3.63, 3.8) is 0 Å². The quantitative estimate of drug-likeness (QED) is 0.878. The zero-order valence-electron chi connectivity index (χ0n) is 10.7. The number of carbonyl (C=O) groups excluding carboxylic acids is 1. The van der Waals surface area contributed by atoms with E-state index in [1.807, 2.05) is 13.8 Å². The molecule has 1 aromatic carbocycles. The molecule has 0 bridgehead atoms. The molecular formula is C13H17F2NO2. The number of benzene rings is 1. The van der Waals surface area contributed by atoms with Crippen LogP contribution in [0.2, 0.25) is 0 Å². The van der Waals surface area contributed by atoms with Crippen molar-refractivity contribution in [2.45, 2.75) is 26.6 Å². The number of hydrogen-bond donors (Lipinski definition) is 1. The Bertz CT molecular complexity index is 401. The van der Waals surface area contributed by atoms with Gasteiger partial charge >= 0.3 is 0 Å². The summed E-state index contributed by atoms with van der Waals surface area (Å²) >= 11 is 0. The van der Waals surface area contributed by atoms with E-state index < -0.39 is 17.7 Å². The van der Waals surface area contributed by atoms with Crippen LogP contribution < -0.4 is 5.32 Å². The smallest absolute Gasteiger partial charge is 0.249 e. The van der Waals surface area contributed by atoms with Crippen molar-refractivity contribution in [1.29, 1.82) is 0 Å². The van der Waals surface area contributed by atoms with Crippen molar-refractivity contribution in [3.8, 4) is 0 Å². The second kappa shape index (κ2) is 6.44. The molecule has 1 amide bonds. The number of hydrogen-bond acceptors (Lipinski definition) is 2. The molecule has 0 radical (unpaired) electrons. The Morgan fingerprint density at radius 3 is 2.28 bits per heavy atom. The molecule has 0 aromatic heterocycles. The van der Waals surface area contributed by atoms with Crippen molar-refractivity contribution in [2.24, 2.45) is 5.92 Å². The van der Waals surface area contributed by atoms with Crippen LogP contribution in [0.5, 0.6) is 0 Å². The standard InChI is InChI=1S/C13H17F2NO2/c1-8(2)12(13(17)16-3)18-7-9-4-10(14)6-11(15)5-9/h4-6,8,12H,7H2,1-3H3,(H,16,17). The molecule has 1 atom stereocenters. The Balaban J connectivity index is 2.69. The first-order chi connectivity index (χ1) is 8.43. The zero-order chi connectivity index (χ0) is 13.7. The van der Waals surface area contributed by atoms with Crippen LogP contribution in [0.15, 0.2) is 18.2 Å². The fourth-order valence-electron chi connectivity index (χ4n) is 1.59. The molecule has 0 fully saturated rings. The van der Waals surface area contributed by atoms with Gasteiger partial charge in [0.2, 0.25) is 5.91 Å². The predicted octanol–water partition coefficient (Wildman–Crippen LogP) is 2.25. The highest BCUT2D eigenvalue weighted by atomic mass is 19.1. The third-order valence-electron chi connectivity index (χ3n) is 2.46. The van der Waals surface area contributed by atoms with E-state index in [0.29, 0.717) is 5.56 Å². The van der Waals surface area contributed by atoms with Gasteiger partial charge in [-0.3, -0.25) is 4.79 Å². The molecule has 1 unspecified atom stereocenters. The summed E-state index contributed by atoms with van der Waals surface area (Å²) in [4.78, 5) is 11.5. The predicted molar refractivity (Wildman–Crippen MR) is 63.8 cm³/mol. The summed E-state index contributed by atoms with van der Waals surface area (Å²) in [6, 6.07) is 3.16. The van der Waals surface area contributed by atoms with E-state index >= 15 is 0 Å². The fraction of sp³-hybridized carbons (Fsp3) is 0.462. The minimum absolute atomic E-state index is 0.00898. The van der Waals surface area contributed by atoms with Gasteiger partial charge < -0.3 is 10.1 Å². The molecule has 3 nitrogen and oxygen atoms in total. The third-order valence-corrected chi connectivity index (χ3v) is 2.46. The highest BCUT2D eigenvalue weighted by molar-refractivity contribution is 5.80. The maximum absolute atomic E-state index is 13.0. The van der Waals surface area contributed by atoms with Gasteiger partial charge in [0, 0.05) is 13.1 Å². The molecule has 5 heteroatoms. The van der Waals surface area contributed by atoms with Crippen molar-refractivity contribution < 1.29 is 18.3 Å². The lowest BCUT2D eigenvalue weighted by atomic mass is 10.1. The van der Waals surface area contributed by atoms with Crippen LogP contribution >= 0.6 is 0 Å². The lowest BCUT2D eigenvalue weighted by molar-refractivity contribution is -0.136.